The van der Waals surface area contributed by atoms with E-state index in [1.807, 2.05) is 19.2 Å². The second-order valence-corrected chi connectivity index (χ2v) is 5.08. The number of aryl methyl sites for hydroxylation is 1. The second-order valence-electron chi connectivity index (χ2n) is 5.08. The van der Waals surface area contributed by atoms with Gasteiger partial charge in [-0.25, -0.2) is 0 Å². The van der Waals surface area contributed by atoms with Crippen LogP contribution in [0.25, 0.3) is 0 Å². The first kappa shape index (κ1) is 15.1. The summed E-state index contributed by atoms with van der Waals surface area (Å²) >= 11 is 0. The van der Waals surface area contributed by atoms with Gasteiger partial charge in [0.2, 0.25) is 0 Å². The summed E-state index contributed by atoms with van der Waals surface area (Å²) in [6, 6.07) is 4.03. The van der Waals surface area contributed by atoms with Crippen molar-refractivity contribution in [3.05, 3.63) is 29.6 Å². The summed E-state index contributed by atoms with van der Waals surface area (Å²) in [5.41, 5.74) is 1.70. The Morgan fingerprint density at radius 3 is 2.50 bits per heavy atom. The van der Waals surface area contributed by atoms with Gasteiger partial charge in [-0.2, -0.15) is 0 Å². The predicted molar refractivity (Wildman–Crippen MR) is 75.4 cm³/mol. The average Bonchev–Trinajstić information content (AvgIpc) is 2.32. The molecule has 0 fully saturated rings. The fourth-order valence-corrected chi connectivity index (χ4v) is 2.37. The summed E-state index contributed by atoms with van der Waals surface area (Å²) in [6.45, 7) is 7.68. The van der Waals surface area contributed by atoms with Crippen molar-refractivity contribution in [3.8, 4) is 0 Å². The molecule has 0 radical (unpaired) electrons. The van der Waals surface area contributed by atoms with Crippen molar-refractivity contribution < 1.29 is 5.11 Å². The van der Waals surface area contributed by atoms with Gasteiger partial charge in [-0.3, -0.25) is 4.98 Å². The molecule has 0 aromatic carbocycles. The van der Waals surface area contributed by atoms with Crippen LogP contribution in [0.4, 0.5) is 0 Å². The molecule has 18 heavy (non-hydrogen) atoms. The first-order valence-electron chi connectivity index (χ1n) is 6.95. The van der Waals surface area contributed by atoms with Crippen LogP contribution in [0, 0.1) is 6.92 Å². The van der Waals surface area contributed by atoms with Crippen molar-refractivity contribution in [1.29, 1.82) is 0 Å². The molecule has 3 heteroatoms. The summed E-state index contributed by atoms with van der Waals surface area (Å²) in [7, 11) is 0. The van der Waals surface area contributed by atoms with Crippen LogP contribution in [0.1, 0.15) is 50.8 Å². The Kier molecular flexibility index (Phi) is 6.30. The third kappa shape index (κ3) is 4.75. The first-order valence-corrected chi connectivity index (χ1v) is 6.95. The molecule has 0 saturated carbocycles. The van der Waals surface area contributed by atoms with E-state index in [4.69, 9.17) is 0 Å². The maximum absolute atomic E-state index is 10.5. The third-order valence-electron chi connectivity index (χ3n) is 3.32. The molecule has 1 heterocycles. The standard InChI is InChI=1S/C15H26N2O/c1-4-8-15(18,9-5-2)12-16-11-14-7-6-10-17-13(14)3/h6-7,10,16,18H,4-5,8-9,11-12H2,1-3H3. The van der Waals surface area contributed by atoms with E-state index in [-0.39, 0.29) is 0 Å². The highest BCUT2D eigenvalue weighted by Crippen LogP contribution is 2.18. The molecule has 0 aliphatic carbocycles. The number of pyridine rings is 1. The second kappa shape index (κ2) is 7.49. The molecular weight excluding hydrogens is 224 g/mol. The minimum absolute atomic E-state index is 0.556. The van der Waals surface area contributed by atoms with Gasteiger partial charge in [-0.15, -0.1) is 0 Å². The summed E-state index contributed by atoms with van der Waals surface area (Å²) in [5.74, 6) is 0. The smallest absolute Gasteiger partial charge is 0.0771 e. The number of aliphatic hydroxyl groups is 1. The highest BCUT2D eigenvalue weighted by Gasteiger charge is 2.23. The van der Waals surface area contributed by atoms with Crippen molar-refractivity contribution in [3.63, 3.8) is 0 Å². The molecule has 0 unspecified atom stereocenters. The number of hydrogen-bond donors (Lipinski definition) is 2. The normalized spacial score (nSPS) is 11.8. The highest BCUT2D eigenvalue weighted by atomic mass is 16.3. The zero-order chi connectivity index (χ0) is 13.4. The van der Waals surface area contributed by atoms with Crippen LogP contribution in [-0.4, -0.2) is 22.2 Å². The molecule has 0 spiro atoms. The van der Waals surface area contributed by atoms with E-state index in [1.54, 1.807) is 0 Å². The lowest BCUT2D eigenvalue weighted by atomic mass is 9.92. The SMILES string of the molecule is CCCC(O)(CCC)CNCc1cccnc1C. The van der Waals surface area contributed by atoms with Crippen LogP contribution < -0.4 is 5.32 Å². The Morgan fingerprint density at radius 1 is 1.28 bits per heavy atom. The minimum atomic E-state index is -0.556. The van der Waals surface area contributed by atoms with Gasteiger partial charge < -0.3 is 10.4 Å². The fraction of sp³-hybridized carbons (Fsp3) is 0.667. The summed E-state index contributed by atoms with van der Waals surface area (Å²) in [6.07, 6.45) is 5.57. The van der Waals surface area contributed by atoms with Gasteiger partial charge in [0.25, 0.3) is 0 Å². The van der Waals surface area contributed by atoms with Crippen LogP contribution in [0.15, 0.2) is 18.3 Å². The zero-order valence-corrected chi connectivity index (χ0v) is 11.9. The Balaban J connectivity index is 2.46. The van der Waals surface area contributed by atoms with E-state index < -0.39 is 5.60 Å². The Labute approximate surface area is 111 Å². The Hall–Kier alpha value is -0.930. The van der Waals surface area contributed by atoms with Crippen LogP contribution >= 0.6 is 0 Å². The van der Waals surface area contributed by atoms with Gasteiger partial charge >= 0.3 is 0 Å². The fourth-order valence-electron chi connectivity index (χ4n) is 2.37. The lowest BCUT2D eigenvalue weighted by Crippen LogP contribution is -2.40. The van der Waals surface area contributed by atoms with Crippen LogP contribution in [-0.2, 0) is 6.54 Å². The van der Waals surface area contributed by atoms with Gasteiger partial charge in [0.1, 0.15) is 0 Å². The first-order chi connectivity index (χ1) is 8.61. The predicted octanol–water partition coefficient (Wildman–Crippen LogP) is 2.81. The maximum Gasteiger partial charge on any atom is 0.0771 e. The Morgan fingerprint density at radius 2 is 1.94 bits per heavy atom. The molecule has 0 aliphatic rings. The van der Waals surface area contributed by atoms with E-state index in [9.17, 15) is 5.11 Å². The quantitative estimate of drug-likeness (QED) is 0.745. The number of hydrogen-bond acceptors (Lipinski definition) is 3. The van der Waals surface area contributed by atoms with Gasteiger partial charge in [0.15, 0.2) is 0 Å². The minimum Gasteiger partial charge on any atom is -0.389 e. The van der Waals surface area contributed by atoms with Gasteiger partial charge in [0, 0.05) is 25.0 Å². The van der Waals surface area contributed by atoms with Crippen LogP contribution in [0.3, 0.4) is 0 Å². The van der Waals surface area contributed by atoms with Gasteiger partial charge in [-0.05, 0) is 31.4 Å². The summed E-state index contributed by atoms with van der Waals surface area (Å²) < 4.78 is 0. The zero-order valence-electron chi connectivity index (χ0n) is 11.9. The number of nitrogens with zero attached hydrogens (tertiary/aromatic N) is 1. The number of rotatable bonds is 8. The number of aromatic nitrogens is 1. The lowest BCUT2D eigenvalue weighted by Gasteiger charge is -2.28. The van der Waals surface area contributed by atoms with E-state index in [1.165, 1.54) is 5.56 Å². The molecule has 102 valence electrons. The molecule has 0 aliphatic heterocycles. The van der Waals surface area contributed by atoms with E-state index in [0.29, 0.717) is 6.54 Å². The maximum atomic E-state index is 10.5. The van der Waals surface area contributed by atoms with Crippen molar-refractivity contribution in [2.24, 2.45) is 0 Å². The molecule has 0 atom stereocenters. The van der Waals surface area contributed by atoms with E-state index in [2.05, 4.69) is 30.2 Å². The molecular formula is C15H26N2O. The topological polar surface area (TPSA) is 45.1 Å². The monoisotopic (exact) mass is 250 g/mol. The van der Waals surface area contributed by atoms with Gasteiger partial charge in [0.05, 0.1) is 5.60 Å². The number of nitrogens with one attached hydrogen (secondary N) is 1. The van der Waals surface area contributed by atoms with Crippen molar-refractivity contribution >= 4 is 0 Å². The molecule has 0 amide bonds. The molecule has 0 saturated heterocycles. The van der Waals surface area contributed by atoms with Crippen molar-refractivity contribution in [1.82, 2.24) is 10.3 Å². The average molecular weight is 250 g/mol. The van der Waals surface area contributed by atoms with E-state index in [0.717, 1.165) is 37.9 Å². The van der Waals surface area contributed by atoms with Crippen molar-refractivity contribution in [2.75, 3.05) is 6.54 Å². The molecule has 1 aromatic rings. The third-order valence-corrected chi connectivity index (χ3v) is 3.32. The highest BCUT2D eigenvalue weighted by molar-refractivity contribution is 5.17. The van der Waals surface area contributed by atoms with Crippen molar-refractivity contribution in [2.45, 2.75) is 58.6 Å². The molecule has 1 aromatic heterocycles. The molecule has 1 rings (SSSR count). The van der Waals surface area contributed by atoms with Crippen LogP contribution in [0.2, 0.25) is 0 Å². The lowest BCUT2D eigenvalue weighted by molar-refractivity contribution is 0.0214. The van der Waals surface area contributed by atoms with Gasteiger partial charge in [-0.1, -0.05) is 32.8 Å². The summed E-state index contributed by atoms with van der Waals surface area (Å²) in [5, 5.41) is 13.8. The van der Waals surface area contributed by atoms with Crippen LogP contribution in [0.5, 0.6) is 0 Å². The molecule has 2 N–H and O–H groups in total. The largest absolute Gasteiger partial charge is 0.389 e. The Bertz CT molecular complexity index is 346. The molecule has 0 bridgehead atoms. The van der Waals surface area contributed by atoms with E-state index >= 15 is 0 Å². The molecule has 3 nitrogen and oxygen atoms in total. The summed E-state index contributed by atoms with van der Waals surface area (Å²) in [4.78, 5) is 4.26.